The van der Waals surface area contributed by atoms with Gasteiger partial charge in [-0.2, -0.15) is 0 Å². The van der Waals surface area contributed by atoms with Gasteiger partial charge in [-0.15, -0.1) is 0 Å². The van der Waals surface area contributed by atoms with Crippen molar-refractivity contribution in [1.29, 1.82) is 0 Å². The number of nitrogens with one attached hydrogen (secondary N) is 2. The first-order valence-electron chi connectivity index (χ1n) is 8.68. The van der Waals surface area contributed by atoms with E-state index in [-0.39, 0.29) is 11.8 Å². The average Bonchev–Trinajstić information content (AvgIpc) is 2.62. The summed E-state index contributed by atoms with van der Waals surface area (Å²) in [4.78, 5) is 33.4. The Balaban J connectivity index is 1.67. The zero-order valence-corrected chi connectivity index (χ0v) is 16.6. The molecule has 2 amide bonds. The number of carbonyl (C=O) groups excluding carboxylic acids is 2. The van der Waals surface area contributed by atoms with Crippen LogP contribution in [0.2, 0.25) is 0 Å². The van der Waals surface area contributed by atoms with Crippen LogP contribution in [-0.4, -0.2) is 21.8 Å². The molecule has 142 valence electrons. The van der Waals surface area contributed by atoms with Gasteiger partial charge in [0.05, 0.1) is 0 Å². The van der Waals surface area contributed by atoms with E-state index in [4.69, 9.17) is 0 Å². The second-order valence-electron chi connectivity index (χ2n) is 6.28. The van der Waals surface area contributed by atoms with Gasteiger partial charge >= 0.3 is 0 Å². The highest BCUT2D eigenvalue weighted by Gasteiger charge is 2.08. The van der Waals surface area contributed by atoms with Crippen LogP contribution in [0.5, 0.6) is 0 Å². The Morgan fingerprint density at radius 2 is 1.54 bits per heavy atom. The molecule has 0 atom stereocenters. The molecule has 0 radical (unpaired) electrons. The summed E-state index contributed by atoms with van der Waals surface area (Å²) in [5.74, 6) is -0.427. The summed E-state index contributed by atoms with van der Waals surface area (Å²) in [5.41, 5.74) is 3.59. The van der Waals surface area contributed by atoms with Crippen molar-refractivity contribution in [3.05, 3.63) is 71.5 Å². The van der Waals surface area contributed by atoms with Crippen LogP contribution in [0.1, 0.15) is 28.7 Å². The van der Waals surface area contributed by atoms with Crippen molar-refractivity contribution < 1.29 is 9.59 Å². The molecule has 0 aliphatic carbocycles. The maximum Gasteiger partial charge on any atom is 0.255 e. The van der Waals surface area contributed by atoms with Crippen LogP contribution >= 0.6 is 11.8 Å². The molecule has 28 heavy (non-hydrogen) atoms. The molecule has 3 rings (SSSR count). The van der Waals surface area contributed by atoms with Crippen LogP contribution < -0.4 is 10.6 Å². The number of nitrogens with zero attached hydrogens (tertiary/aromatic N) is 2. The van der Waals surface area contributed by atoms with Gasteiger partial charge in [0.25, 0.3) is 5.91 Å². The van der Waals surface area contributed by atoms with Gasteiger partial charge in [0.15, 0.2) is 5.16 Å². The zero-order valence-electron chi connectivity index (χ0n) is 15.8. The Kier molecular flexibility index (Phi) is 6.06. The Morgan fingerprint density at radius 3 is 2.18 bits per heavy atom. The molecule has 0 fully saturated rings. The normalized spacial score (nSPS) is 10.4. The molecule has 0 unspecified atom stereocenters. The fraction of sp³-hybridized carbons (Fsp3) is 0.143. The predicted molar refractivity (Wildman–Crippen MR) is 111 cm³/mol. The minimum Gasteiger partial charge on any atom is -0.326 e. The number of carbonyl (C=O) groups is 2. The minimum atomic E-state index is -0.245. The number of benzene rings is 2. The molecule has 1 aromatic heterocycles. The fourth-order valence-corrected chi connectivity index (χ4v) is 3.46. The summed E-state index contributed by atoms with van der Waals surface area (Å²) in [6.45, 7) is 5.31. The van der Waals surface area contributed by atoms with Gasteiger partial charge < -0.3 is 10.6 Å². The molecule has 0 saturated heterocycles. The van der Waals surface area contributed by atoms with Crippen molar-refractivity contribution >= 4 is 35.0 Å². The Labute approximate surface area is 167 Å². The van der Waals surface area contributed by atoms with Crippen LogP contribution in [0, 0.1) is 13.8 Å². The van der Waals surface area contributed by atoms with E-state index < -0.39 is 0 Å². The van der Waals surface area contributed by atoms with Crippen molar-refractivity contribution in [3.8, 4) is 0 Å². The highest BCUT2D eigenvalue weighted by atomic mass is 32.2. The second-order valence-corrected chi connectivity index (χ2v) is 7.32. The summed E-state index contributed by atoms with van der Waals surface area (Å²) in [7, 11) is 0. The quantitative estimate of drug-likeness (QED) is 0.627. The number of hydrogen-bond donors (Lipinski definition) is 2. The first-order chi connectivity index (χ1) is 13.4. The molecular formula is C21H20N4O2S. The monoisotopic (exact) mass is 392 g/mol. The third-order valence-electron chi connectivity index (χ3n) is 3.73. The van der Waals surface area contributed by atoms with Gasteiger partial charge in [0.1, 0.15) is 0 Å². The molecule has 2 aromatic carbocycles. The number of amides is 2. The minimum absolute atomic E-state index is 0.182. The maximum atomic E-state index is 12.5. The molecule has 3 aromatic rings. The lowest BCUT2D eigenvalue weighted by atomic mass is 10.2. The summed E-state index contributed by atoms with van der Waals surface area (Å²) < 4.78 is 0. The van der Waals surface area contributed by atoms with E-state index in [1.54, 1.807) is 24.3 Å². The highest BCUT2D eigenvalue weighted by Crippen LogP contribution is 2.26. The summed E-state index contributed by atoms with van der Waals surface area (Å²) >= 11 is 1.47. The van der Waals surface area contributed by atoms with Crippen molar-refractivity contribution in [2.24, 2.45) is 0 Å². The van der Waals surface area contributed by atoms with Gasteiger partial charge in [-0.25, -0.2) is 9.97 Å². The summed E-state index contributed by atoms with van der Waals surface area (Å²) in [6.07, 6.45) is 0. The number of rotatable bonds is 5. The summed E-state index contributed by atoms with van der Waals surface area (Å²) in [6, 6.07) is 16.2. The van der Waals surface area contributed by atoms with Crippen LogP contribution in [0.4, 0.5) is 11.4 Å². The maximum absolute atomic E-state index is 12.5. The topological polar surface area (TPSA) is 84.0 Å². The van der Waals surface area contributed by atoms with Crippen LogP contribution in [0.15, 0.2) is 64.6 Å². The van der Waals surface area contributed by atoms with Gasteiger partial charge in [-0.1, -0.05) is 6.07 Å². The zero-order chi connectivity index (χ0) is 20.1. The predicted octanol–water partition coefficient (Wildman–Crippen LogP) is 4.46. The van der Waals surface area contributed by atoms with E-state index in [0.717, 1.165) is 16.3 Å². The van der Waals surface area contributed by atoms with Gasteiger partial charge in [-0.05, 0) is 74.1 Å². The number of anilines is 2. The standard InChI is InChI=1S/C21H20N4O2S/c1-13-11-14(2)23-21(22-13)28-19-9-7-17(8-10-19)25-20(27)16-5-4-6-18(12-16)24-15(3)26/h4-12H,1-3H3,(H,24,26)(H,25,27). The Bertz CT molecular complexity index is 999. The SMILES string of the molecule is CC(=O)Nc1cccc(C(=O)Nc2ccc(Sc3nc(C)cc(C)n3)cc2)c1. The largest absolute Gasteiger partial charge is 0.326 e. The third kappa shape index (κ3) is 5.40. The number of aromatic nitrogens is 2. The number of aryl methyl sites for hydroxylation is 2. The molecule has 7 heteroatoms. The van der Waals surface area contributed by atoms with Crippen LogP contribution in [0.25, 0.3) is 0 Å². The van der Waals surface area contributed by atoms with Gasteiger partial charge in [0.2, 0.25) is 5.91 Å². The summed E-state index contributed by atoms with van der Waals surface area (Å²) in [5, 5.41) is 6.22. The van der Waals surface area contributed by atoms with Crippen molar-refractivity contribution in [1.82, 2.24) is 9.97 Å². The van der Waals surface area contributed by atoms with E-state index in [2.05, 4.69) is 20.6 Å². The smallest absolute Gasteiger partial charge is 0.255 e. The molecule has 6 nitrogen and oxygen atoms in total. The Morgan fingerprint density at radius 1 is 0.857 bits per heavy atom. The molecule has 0 bridgehead atoms. The van der Waals surface area contributed by atoms with E-state index in [1.165, 1.54) is 18.7 Å². The van der Waals surface area contributed by atoms with E-state index >= 15 is 0 Å². The average molecular weight is 392 g/mol. The molecule has 0 aliphatic heterocycles. The molecule has 0 saturated carbocycles. The molecule has 0 aliphatic rings. The van der Waals surface area contributed by atoms with Crippen molar-refractivity contribution in [2.75, 3.05) is 10.6 Å². The lowest BCUT2D eigenvalue weighted by molar-refractivity contribution is -0.114. The van der Waals surface area contributed by atoms with E-state index in [0.29, 0.717) is 22.1 Å². The van der Waals surface area contributed by atoms with Crippen LogP contribution in [-0.2, 0) is 4.79 Å². The highest BCUT2D eigenvalue weighted by molar-refractivity contribution is 7.99. The molecular weight excluding hydrogens is 372 g/mol. The van der Waals surface area contributed by atoms with E-state index in [9.17, 15) is 9.59 Å². The van der Waals surface area contributed by atoms with Gasteiger partial charge in [-0.3, -0.25) is 9.59 Å². The Hall–Kier alpha value is -3.19. The second kappa shape index (κ2) is 8.67. The fourth-order valence-electron chi connectivity index (χ4n) is 2.60. The van der Waals surface area contributed by atoms with Crippen molar-refractivity contribution in [3.63, 3.8) is 0 Å². The lowest BCUT2D eigenvalue weighted by Crippen LogP contribution is -2.13. The van der Waals surface area contributed by atoms with E-state index in [1.807, 2.05) is 44.2 Å². The molecule has 1 heterocycles. The lowest BCUT2D eigenvalue weighted by Gasteiger charge is -2.08. The third-order valence-corrected chi connectivity index (χ3v) is 4.60. The van der Waals surface area contributed by atoms with Crippen LogP contribution in [0.3, 0.4) is 0 Å². The first-order valence-corrected chi connectivity index (χ1v) is 9.50. The first kappa shape index (κ1) is 19.6. The van der Waals surface area contributed by atoms with Gasteiger partial charge in [0, 0.05) is 40.1 Å². The molecule has 2 N–H and O–H groups in total. The molecule has 0 spiro atoms. The number of hydrogen-bond acceptors (Lipinski definition) is 5. The van der Waals surface area contributed by atoms with Crippen molar-refractivity contribution in [2.45, 2.75) is 30.8 Å².